The van der Waals surface area contributed by atoms with Gasteiger partial charge in [-0.2, -0.15) is 5.10 Å². The fourth-order valence-corrected chi connectivity index (χ4v) is 3.00. The van der Waals surface area contributed by atoms with Gasteiger partial charge in [0.05, 0.1) is 11.9 Å². The van der Waals surface area contributed by atoms with Crippen LogP contribution in [-0.4, -0.2) is 35.0 Å². The molecule has 0 bridgehead atoms. The van der Waals surface area contributed by atoms with Crippen LogP contribution in [0.2, 0.25) is 0 Å². The van der Waals surface area contributed by atoms with Gasteiger partial charge in [-0.25, -0.2) is 0 Å². The average Bonchev–Trinajstić information content (AvgIpc) is 2.99. The van der Waals surface area contributed by atoms with E-state index in [1.54, 1.807) is 0 Å². The third-order valence-electron chi connectivity index (χ3n) is 4.25. The number of nitrogens with one attached hydrogen (secondary N) is 1. The number of anilines is 1. The fraction of sp³-hybridized carbons (Fsp3) is 0.471. The molecule has 1 saturated heterocycles. The summed E-state index contributed by atoms with van der Waals surface area (Å²) in [5, 5.41) is 8.08. The maximum absolute atomic E-state index is 4.41. The van der Waals surface area contributed by atoms with E-state index in [9.17, 15) is 0 Å². The minimum atomic E-state index is 0.494. The Hall–Kier alpha value is -1.81. The molecule has 2 heterocycles. The van der Waals surface area contributed by atoms with Gasteiger partial charge in [-0.1, -0.05) is 30.3 Å². The maximum atomic E-state index is 4.41. The summed E-state index contributed by atoms with van der Waals surface area (Å²) in [6.45, 7) is 7.37. The van der Waals surface area contributed by atoms with Crippen molar-refractivity contribution >= 4 is 5.69 Å². The summed E-state index contributed by atoms with van der Waals surface area (Å²) in [5.41, 5.74) is 2.64. The summed E-state index contributed by atoms with van der Waals surface area (Å²) in [5.74, 6) is 0. The Labute approximate surface area is 126 Å². The van der Waals surface area contributed by atoms with Gasteiger partial charge in [-0.3, -0.25) is 4.68 Å². The molecule has 0 saturated carbocycles. The van der Waals surface area contributed by atoms with E-state index in [1.807, 2.05) is 10.9 Å². The Bertz CT molecular complexity index is 563. The Morgan fingerprint density at radius 3 is 2.81 bits per heavy atom. The van der Waals surface area contributed by atoms with Gasteiger partial charge in [-0.05, 0) is 25.8 Å². The van der Waals surface area contributed by atoms with E-state index in [0.717, 1.165) is 26.1 Å². The SMILES string of the molecule is CCn1cc(N2CC(Cc3ccccc3)NCC2C)cn1. The molecule has 1 fully saturated rings. The molecule has 4 nitrogen and oxygen atoms in total. The quantitative estimate of drug-likeness (QED) is 0.935. The van der Waals surface area contributed by atoms with E-state index < -0.39 is 0 Å². The predicted molar refractivity (Wildman–Crippen MR) is 86.6 cm³/mol. The average molecular weight is 284 g/mol. The summed E-state index contributed by atoms with van der Waals surface area (Å²) in [4.78, 5) is 2.48. The smallest absolute Gasteiger partial charge is 0.0755 e. The molecule has 1 aliphatic heterocycles. The minimum Gasteiger partial charge on any atom is -0.363 e. The lowest BCUT2D eigenvalue weighted by Crippen LogP contribution is -2.56. The van der Waals surface area contributed by atoms with Crippen molar-refractivity contribution in [3.8, 4) is 0 Å². The largest absolute Gasteiger partial charge is 0.363 e. The first-order chi connectivity index (χ1) is 10.3. The Morgan fingerprint density at radius 1 is 1.29 bits per heavy atom. The van der Waals surface area contributed by atoms with Gasteiger partial charge >= 0.3 is 0 Å². The lowest BCUT2D eigenvalue weighted by molar-refractivity contribution is 0.403. The first-order valence-electron chi connectivity index (χ1n) is 7.82. The number of nitrogens with zero attached hydrogens (tertiary/aromatic N) is 3. The molecular weight excluding hydrogens is 260 g/mol. The van der Waals surface area contributed by atoms with Crippen LogP contribution in [0.1, 0.15) is 19.4 Å². The minimum absolute atomic E-state index is 0.494. The molecule has 2 atom stereocenters. The highest BCUT2D eigenvalue weighted by Crippen LogP contribution is 2.20. The van der Waals surface area contributed by atoms with Crippen LogP contribution in [0, 0.1) is 0 Å². The van der Waals surface area contributed by atoms with Gasteiger partial charge in [0.25, 0.3) is 0 Å². The van der Waals surface area contributed by atoms with Gasteiger partial charge in [0.1, 0.15) is 0 Å². The van der Waals surface area contributed by atoms with Crippen molar-refractivity contribution in [2.45, 2.75) is 38.9 Å². The van der Waals surface area contributed by atoms with Crippen molar-refractivity contribution in [3.63, 3.8) is 0 Å². The highest BCUT2D eigenvalue weighted by atomic mass is 15.3. The van der Waals surface area contributed by atoms with Crippen LogP contribution in [0.25, 0.3) is 0 Å². The van der Waals surface area contributed by atoms with Crippen molar-refractivity contribution in [1.82, 2.24) is 15.1 Å². The molecule has 112 valence electrons. The topological polar surface area (TPSA) is 33.1 Å². The van der Waals surface area contributed by atoms with E-state index in [-0.39, 0.29) is 0 Å². The molecule has 1 aromatic heterocycles. The van der Waals surface area contributed by atoms with Crippen LogP contribution in [0.3, 0.4) is 0 Å². The second-order valence-electron chi connectivity index (χ2n) is 5.85. The van der Waals surface area contributed by atoms with Gasteiger partial charge in [-0.15, -0.1) is 0 Å². The molecule has 2 aromatic rings. The van der Waals surface area contributed by atoms with Crippen molar-refractivity contribution in [2.75, 3.05) is 18.0 Å². The van der Waals surface area contributed by atoms with Crippen molar-refractivity contribution in [2.24, 2.45) is 0 Å². The standard InChI is InChI=1S/C17H24N4/c1-3-20-13-17(11-19-20)21-12-16(18-10-14(21)2)9-15-7-5-4-6-8-15/h4-8,11,13-14,16,18H,3,9-10,12H2,1-2H3. The molecule has 21 heavy (non-hydrogen) atoms. The number of aryl methyl sites for hydroxylation is 1. The van der Waals surface area contributed by atoms with Crippen LogP contribution in [0.15, 0.2) is 42.7 Å². The second-order valence-corrected chi connectivity index (χ2v) is 5.85. The molecule has 4 heteroatoms. The number of hydrogen-bond acceptors (Lipinski definition) is 3. The Kier molecular flexibility index (Phi) is 4.25. The molecule has 2 unspecified atom stereocenters. The molecule has 1 aromatic carbocycles. The number of hydrogen-bond donors (Lipinski definition) is 1. The molecule has 1 N–H and O–H groups in total. The first-order valence-corrected chi connectivity index (χ1v) is 7.82. The maximum Gasteiger partial charge on any atom is 0.0755 e. The zero-order chi connectivity index (χ0) is 14.7. The van der Waals surface area contributed by atoms with E-state index in [2.05, 4.69) is 65.7 Å². The molecule has 0 spiro atoms. The van der Waals surface area contributed by atoms with Crippen LogP contribution >= 0.6 is 0 Å². The second kappa shape index (κ2) is 6.31. The Morgan fingerprint density at radius 2 is 2.10 bits per heavy atom. The summed E-state index contributed by atoms with van der Waals surface area (Å²) in [6.07, 6.45) is 5.22. The molecule has 0 radical (unpaired) electrons. The lowest BCUT2D eigenvalue weighted by Gasteiger charge is -2.39. The summed E-state index contributed by atoms with van der Waals surface area (Å²) >= 11 is 0. The van der Waals surface area contributed by atoms with Gasteiger partial charge < -0.3 is 10.2 Å². The highest BCUT2D eigenvalue weighted by molar-refractivity contribution is 5.44. The van der Waals surface area contributed by atoms with Crippen LogP contribution in [-0.2, 0) is 13.0 Å². The van der Waals surface area contributed by atoms with E-state index in [0.29, 0.717) is 12.1 Å². The zero-order valence-electron chi connectivity index (χ0n) is 12.9. The van der Waals surface area contributed by atoms with E-state index in [1.165, 1.54) is 11.3 Å². The number of piperazine rings is 1. The van der Waals surface area contributed by atoms with E-state index in [4.69, 9.17) is 0 Å². The predicted octanol–water partition coefficient (Wildman–Crippen LogP) is 2.31. The monoisotopic (exact) mass is 284 g/mol. The van der Waals surface area contributed by atoms with Crippen LogP contribution in [0.5, 0.6) is 0 Å². The fourth-order valence-electron chi connectivity index (χ4n) is 3.00. The highest BCUT2D eigenvalue weighted by Gasteiger charge is 2.25. The van der Waals surface area contributed by atoms with Crippen LogP contribution < -0.4 is 10.2 Å². The van der Waals surface area contributed by atoms with Gasteiger partial charge in [0.15, 0.2) is 0 Å². The number of benzene rings is 1. The molecular formula is C17H24N4. The summed E-state index contributed by atoms with van der Waals surface area (Å²) < 4.78 is 2.00. The van der Waals surface area contributed by atoms with Crippen molar-refractivity contribution in [3.05, 3.63) is 48.3 Å². The third kappa shape index (κ3) is 3.27. The Balaban J connectivity index is 1.69. The lowest BCUT2D eigenvalue weighted by atomic mass is 10.0. The molecule has 1 aliphatic rings. The normalized spacial score (nSPS) is 22.5. The molecule has 3 rings (SSSR count). The number of rotatable bonds is 4. The summed E-state index contributed by atoms with van der Waals surface area (Å²) in [6, 6.07) is 11.7. The molecule has 0 amide bonds. The molecule has 0 aliphatic carbocycles. The zero-order valence-corrected chi connectivity index (χ0v) is 12.9. The van der Waals surface area contributed by atoms with Gasteiger partial charge in [0.2, 0.25) is 0 Å². The van der Waals surface area contributed by atoms with Crippen molar-refractivity contribution in [1.29, 1.82) is 0 Å². The third-order valence-corrected chi connectivity index (χ3v) is 4.25. The summed E-state index contributed by atoms with van der Waals surface area (Å²) in [7, 11) is 0. The van der Waals surface area contributed by atoms with Gasteiger partial charge in [0, 0.05) is 37.9 Å². The number of aromatic nitrogens is 2. The van der Waals surface area contributed by atoms with Crippen LogP contribution in [0.4, 0.5) is 5.69 Å². The van der Waals surface area contributed by atoms with E-state index >= 15 is 0 Å². The first kappa shape index (κ1) is 14.1. The van der Waals surface area contributed by atoms with Crippen molar-refractivity contribution < 1.29 is 0 Å².